The largest absolute Gasteiger partial charge is 0.304 e. The summed E-state index contributed by atoms with van der Waals surface area (Å²) in [4.78, 5) is 57.1. The molecule has 1 aliphatic heterocycles. The van der Waals surface area contributed by atoms with E-state index in [-0.39, 0.29) is 18.0 Å². The fourth-order valence-corrected chi connectivity index (χ4v) is 4.89. The number of fused-ring (bicyclic) bond motifs is 1. The van der Waals surface area contributed by atoms with Gasteiger partial charge in [0, 0.05) is 23.4 Å². The Balaban J connectivity index is 1.49. The van der Waals surface area contributed by atoms with Gasteiger partial charge in [0.25, 0.3) is 0 Å². The van der Waals surface area contributed by atoms with E-state index in [1.165, 1.54) is 0 Å². The van der Waals surface area contributed by atoms with E-state index >= 15 is 0 Å². The molecule has 2 aromatic carbocycles. The summed E-state index contributed by atoms with van der Waals surface area (Å²) in [6, 6.07) is 19.7. The Kier molecular flexibility index (Phi) is 5.40. The second-order valence-corrected chi connectivity index (χ2v) is 8.25. The van der Waals surface area contributed by atoms with Crippen LogP contribution in [0.5, 0.6) is 0 Å². The van der Waals surface area contributed by atoms with Crippen LogP contribution in [0.15, 0.2) is 79.0 Å². The molecular formula is C26H21N3O4. The summed E-state index contributed by atoms with van der Waals surface area (Å²) in [7, 11) is 0. The lowest BCUT2D eigenvalue weighted by Crippen LogP contribution is -2.38. The Bertz CT molecular complexity index is 1190. The van der Waals surface area contributed by atoms with Crippen molar-refractivity contribution in [1.29, 1.82) is 0 Å². The summed E-state index contributed by atoms with van der Waals surface area (Å²) in [6.45, 7) is 0. The summed E-state index contributed by atoms with van der Waals surface area (Å²) in [5, 5.41) is 3.34. The molecule has 7 nitrogen and oxygen atoms in total. The molecule has 0 bridgehead atoms. The van der Waals surface area contributed by atoms with Crippen LogP contribution >= 0.6 is 0 Å². The van der Waals surface area contributed by atoms with Crippen molar-refractivity contribution >= 4 is 29.6 Å². The number of hydrogen-bond acceptors (Lipinski definition) is 6. The SMILES string of the molecule is O=CN(C(=O)C1CC(C2C(=O)c3ccccc3C2=O)NC1c1ccccn1)c1ccccc1. The van der Waals surface area contributed by atoms with Gasteiger partial charge < -0.3 is 5.32 Å². The standard InChI is InChI=1S/C26H21N3O4/c30-15-29(16-8-2-1-3-9-16)26(33)19-14-21(28-23(19)20-12-6-7-13-27-20)22-24(31)17-10-4-5-11-18(17)25(22)32/h1-13,15,19,21-23,28H,14H2. The molecule has 2 amide bonds. The first-order valence-electron chi connectivity index (χ1n) is 10.8. The summed E-state index contributed by atoms with van der Waals surface area (Å²) in [5.41, 5.74) is 1.91. The molecule has 3 atom stereocenters. The van der Waals surface area contributed by atoms with Gasteiger partial charge in [0.1, 0.15) is 5.92 Å². The van der Waals surface area contributed by atoms with Crippen molar-refractivity contribution < 1.29 is 19.2 Å². The van der Waals surface area contributed by atoms with Crippen LogP contribution in [-0.2, 0) is 9.59 Å². The minimum Gasteiger partial charge on any atom is -0.304 e. The molecule has 1 saturated heterocycles. The van der Waals surface area contributed by atoms with Gasteiger partial charge in [-0.3, -0.25) is 29.1 Å². The number of aromatic nitrogens is 1. The van der Waals surface area contributed by atoms with Crippen molar-refractivity contribution in [3.8, 4) is 0 Å². The number of anilines is 1. The summed E-state index contributed by atoms with van der Waals surface area (Å²) < 4.78 is 0. The van der Waals surface area contributed by atoms with E-state index in [0.29, 0.717) is 28.9 Å². The zero-order chi connectivity index (χ0) is 22.9. The van der Waals surface area contributed by atoms with Crippen LogP contribution in [0.2, 0.25) is 0 Å². The highest BCUT2D eigenvalue weighted by Gasteiger charge is 2.50. The number of para-hydroxylation sites is 1. The molecular weight excluding hydrogens is 418 g/mol. The second-order valence-electron chi connectivity index (χ2n) is 8.25. The van der Waals surface area contributed by atoms with Crippen LogP contribution in [0.3, 0.4) is 0 Å². The van der Waals surface area contributed by atoms with Crippen molar-refractivity contribution in [2.45, 2.75) is 18.5 Å². The Morgan fingerprint density at radius 1 is 0.909 bits per heavy atom. The zero-order valence-electron chi connectivity index (χ0n) is 17.6. The molecule has 2 aliphatic rings. The molecule has 0 saturated carbocycles. The van der Waals surface area contributed by atoms with Crippen LogP contribution in [0.25, 0.3) is 0 Å². The zero-order valence-corrected chi connectivity index (χ0v) is 17.6. The van der Waals surface area contributed by atoms with Gasteiger partial charge in [-0.1, -0.05) is 48.5 Å². The molecule has 33 heavy (non-hydrogen) atoms. The number of nitrogens with zero attached hydrogens (tertiary/aromatic N) is 2. The number of amides is 2. The number of rotatable bonds is 5. The Hall–Kier alpha value is -3.97. The highest BCUT2D eigenvalue weighted by molar-refractivity contribution is 6.27. The molecule has 1 aromatic heterocycles. The quantitative estimate of drug-likeness (QED) is 0.485. The second kappa shape index (κ2) is 8.52. The number of benzene rings is 2. The van der Waals surface area contributed by atoms with Gasteiger partial charge in [0.2, 0.25) is 12.3 Å². The molecule has 5 rings (SSSR count). The Labute approximate surface area is 190 Å². The monoisotopic (exact) mass is 439 g/mol. The maximum absolute atomic E-state index is 13.6. The molecule has 0 radical (unpaired) electrons. The molecule has 7 heteroatoms. The van der Waals surface area contributed by atoms with Gasteiger partial charge in [0.05, 0.1) is 23.3 Å². The molecule has 3 unspecified atom stereocenters. The van der Waals surface area contributed by atoms with Gasteiger partial charge in [-0.05, 0) is 30.7 Å². The van der Waals surface area contributed by atoms with E-state index in [0.717, 1.165) is 4.90 Å². The number of pyridine rings is 1. The average Bonchev–Trinajstić information content (AvgIpc) is 3.40. The van der Waals surface area contributed by atoms with Crippen molar-refractivity contribution in [2.75, 3.05) is 4.90 Å². The van der Waals surface area contributed by atoms with E-state index in [1.807, 2.05) is 6.07 Å². The van der Waals surface area contributed by atoms with E-state index in [9.17, 15) is 19.2 Å². The third-order valence-electron chi connectivity index (χ3n) is 6.43. The number of carbonyl (C=O) groups excluding carboxylic acids is 4. The van der Waals surface area contributed by atoms with Crippen molar-refractivity contribution in [3.63, 3.8) is 0 Å². The maximum atomic E-state index is 13.6. The average molecular weight is 439 g/mol. The van der Waals surface area contributed by atoms with Crippen molar-refractivity contribution in [1.82, 2.24) is 10.3 Å². The number of ketones is 2. The molecule has 1 N–H and O–H groups in total. The van der Waals surface area contributed by atoms with E-state index in [4.69, 9.17) is 0 Å². The predicted octanol–water partition coefficient (Wildman–Crippen LogP) is 2.99. The topological polar surface area (TPSA) is 96.4 Å². The molecule has 0 spiro atoms. The fraction of sp³-hybridized carbons (Fsp3) is 0.192. The smallest absolute Gasteiger partial charge is 0.238 e. The number of nitrogens with one attached hydrogen (secondary N) is 1. The molecule has 1 aliphatic carbocycles. The Morgan fingerprint density at radius 2 is 1.55 bits per heavy atom. The lowest BCUT2D eigenvalue weighted by atomic mass is 9.88. The minimum atomic E-state index is -0.909. The van der Waals surface area contributed by atoms with Gasteiger partial charge in [-0.2, -0.15) is 0 Å². The molecule has 3 aromatic rings. The van der Waals surface area contributed by atoms with Crippen molar-refractivity contribution in [3.05, 3.63) is 95.8 Å². The fourth-order valence-electron chi connectivity index (χ4n) is 4.89. The highest BCUT2D eigenvalue weighted by atomic mass is 16.2. The maximum Gasteiger partial charge on any atom is 0.238 e. The Morgan fingerprint density at radius 3 is 2.15 bits per heavy atom. The number of imide groups is 1. The summed E-state index contributed by atoms with van der Waals surface area (Å²) >= 11 is 0. The summed E-state index contributed by atoms with van der Waals surface area (Å²) in [5.74, 6) is -2.47. The van der Waals surface area contributed by atoms with Gasteiger partial charge in [-0.15, -0.1) is 0 Å². The lowest BCUT2D eigenvalue weighted by molar-refractivity contribution is -0.125. The number of Topliss-reactive ketones (excluding diaryl/α,β-unsaturated/α-hetero) is 2. The van der Waals surface area contributed by atoms with Crippen LogP contribution < -0.4 is 10.2 Å². The molecule has 1 fully saturated rings. The van der Waals surface area contributed by atoms with E-state index < -0.39 is 29.8 Å². The van der Waals surface area contributed by atoms with Crippen LogP contribution in [0, 0.1) is 11.8 Å². The first-order valence-corrected chi connectivity index (χ1v) is 10.8. The highest BCUT2D eigenvalue weighted by Crippen LogP contribution is 2.40. The third-order valence-corrected chi connectivity index (χ3v) is 6.43. The first-order chi connectivity index (χ1) is 16.1. The lowest BCUT2D eigenvalue weighted by Gasteiger charge is -2.23. The van der Waals surface area contributed by atoms with E-state index in [1.54, 1.807) is 72.9 Å². The van der Waals surface area contributed by atoms with Gasteiger partial charge in [-0.25, -0.2) is 0 Å². The molecule has 164 valence electrons. The van der Waals surface area contributed by atoms with Gasteiger partial charge in [0.15, 0.2) is 11.6 Å². The predicted molar refractivity (Wildman–Crippen MR) is 121 cm³/mol. The number of carbonyl (C=O) groups is 4. The van der Waals surface area contributed by atoms with Crippen LogP contribution in [0.1, 0.15) is 38.9 Å². The first kappa shape index (κ1) is 20.9. The molecule has 2 heterocycles. The van der Waals surface area contributed by atoms with Crippen LogP contribution in [-0.4, -0.2) is 34.9 Å². The van der Waals surface area contributed by atoms with Gasteiger partial charge >= 0.3 is 0 Å². The van der Waals surface area contributed by atoms with E-state index in [2.05, 4.69) is 10.3 Å². The normalized spacial score (nSPS) is 22.2. The van der Waals surface area contributed by atoms with Crippen molar-refractivity contribution in [2.24, 2.45) is 11.8 Å². The third kappa shape index (κ3) is 3.56. The minimum absolute atomic E-state index is 0.230. The summed E-state index contributed by atoms with van der Waals surface area (Å²) in [6.07, 6.45) is 2.36. The van der Waals surface area contributed by atoms with Crippen LogP contribution in [0.4, 0.5) is 5.69 Å². The number of hydrogen-bond donors (Lipinski definition) is 1.